The highest BCUT2D eigenvalue weighted by Crippen LogP contribution is 2.23. The lowest BCUT2D eigenvalue weighted by Crippen LogP contribution is -2.25. The maximum atomic E-state index is 12.1. The third-order valence-electron chi connectivity index (χ3n) is 6.08. The molecule has 33 heavy (non-hydrogen) atoms. The van der Waals surface area contributed by atoms with Crippen molar-refractivity contribution in [1.29, 1.82) is 0 Å². The van der Waals surface area contributed by atoms with Crippen LogP contribution in [-0.4, -0.2) is 72.5 Å². The summed E-state index contributed by atoms with van der Waals surface area (Å²) in [5, 5.41) is 0. The molecule has 0 N–H and O–H groups in total. The second-order valence-electron chi connectivity index (χ2n) is 9.16. The first kappa shape index (κ1) is 28.9. The lowest BCUT2D eigenvalue weighted by Gasteiger charge is -2.16. The Hall–Kier alpha value is -0.290. The minimum atomic E-state index is -4.07. The third-order valence-corrected chi connectivity index (χ3v) is 6.93. The second-order valence-corrected chi connectivity index (χ2v) is 10.5. The number of hydrogen-bond acceptors (Lipinski definition) is 8. The zero-order valence-electron chi connectivity index (χ0n) is 20.7. The van der Waals surface area contributed by atoms with E-state index in [2.05, 4.69) is 13.8 Å². The smallest absolute Gasteiger partial charge is 0.379 e. The quantitative estimate of drug-likeness (QED) is 0.228. The van der Waals surface area contributed by atoms with Gasteiger partial charge in [-0.1, -0.05) is 52.4 Å². The Morgan fingerprint density at radius 1 is 0.606 bits per heavy atom. The molecule has 2 aliphatic heterocycles. The summed E-state index contributed by atoms with van der Waals surface area (Å²) in [5.74, 6) is 0. The van der Waals surface area contributed by atoms with E-state index in [1.807, 2.05) is 0 Å². The number of unbranched alkanes of at least 4 members (excludes halogenated alkanes) is 6. The fourth-order valence-corrected chi connectivity index (χ4v) is 4.80. The molecular weight excluding hydrogens is 448 g/mol. The molecule has 0 saturated carbocycles. The van der Waals surface area contributed by atoms with E-state index >= 15 is 0 Å². The van der Waals surface area contributed by atoms with Crippen molar-refractivity contribution in [2.75, 3.05) is 39.6 Å². The molecule has 0 unspecified atom stereocenters. The van der Waals surface area contributed by atoms with Crippen molar-refractivity contribution >= 4 is 10.4 Å². The summed E-state index contributed by atoms with van der Waals surface area (Å²) in [6.07, 6.45) is 12.1. The predicted octanol–water partition coefficient (Wildman–Crippen LogP) is 4.55. The molecule has 0 amide bonds. The minimum Gasteiger partial charge on any atom is -0.379 e. The van der Waals surface area contributed by atoms with Gasteiger partial charge in [-0.15, -0.1) is 0 Å². The molecule has 0 aromatic heterocycles. The van der Waals surface area contributed by atoms with Gasteiger partial charge >= 0.3 is 10.4 Å². The lowest BCUT2D eigenvalue weighted by molar-refractivity contribution is -0.0358. The molecule has 2 saturated heterocycles. The Bertz CT molecular complexity index is 541. The Balaban J connectivity index is 1.50. The van der Waals surface area contributed by atoms with Gasteiger partial charge in [0.1, 0.15) is 0 Å². The average Bonchev–Trinajstić information content (AvgIpc) is 3.45. The van der Waals surface area contributed by atoms with Crippen LogP contribution in [0, 0.1) is 0 Å². The van der Waals surface area contributed by atoms with Gasteiger partial charge in [0.25, 0.3) is 0 Å². The van der Waals surface area contributed by atoms with E-state index in [4.69, 9.17) is 27.3 Å². The molecule has 4 atom stereocenters. The molecule has 0 aliphatic carbocycles. The topological polar surface area (TPSA) is 89.5 Å². The molecule has 0 aromatic carbocycles. The SMILES string of the molecule is CCCCCCOC[C@H]1CC[C@@H](COS(=O)(=O)OC[C@@H]2CC[C@H](COCCCCCC)O2)O1. The molecule has 2 heterocycles. The molecule has 0 aromatic rings. The molecule has 2 rings (SSSR count). The monoisotopic (exact) mass is 494 g/mol. The highest BCUT2D eigenvalue weighted by Gasteiger charge is 2.30. The van der Waals surface area contributed by atoms with Crippen molar-refractivity contribution in [3.05, 3.63) is 0 Å². The molecule has 2 fully saturated rings. The van der Waals surface area contributed by atoms with Crippen LogP contribution in [0.15, 0.2) is 0 Å². The van der Waals surface area contributed by atoms with Crippen LogP contribution in [0.4, 0.5) is 0 Å². The van der Waals surface area contributed by atoms with Crippen molar-refractivity contribution in [3.63, 3.8) is 0 Å². The van der Waals surface area contributed by atoms with Crippen LogP contribution in [0.1, 0.15) is 90.9 Å². The zero-order valence-corrected chi connectivity index (χ0v) is 21.5. The van der Waals surface area contributed by atoms with Crippen LogP contribution in [-0.2, 0) is 37.7 Å². The summed E-state index contributed by atoms with van der Waals surface area (Å²) in [5.41, 5.74) is 0. The van der Waals surface area contributed by atoms with Crippen LogP contribution >= 0.6 is 0 Å². The maximum Gasteiger partial charge on any atom is 0.400 e. The summed E-state index contributed by atoms with van der Waals surface area (Å²) in [6, 6.07) is 0. The molecular formula is C24H46O8S. The molecule has 2 aliphatic rings. The zero-order chi connectivity index (χ0) is 23.8. The fraction of sp³-hybridized carbons (Fsp3) is 1.00. The first-order valence-electron chi connectivity index (χ1n) is 13.0. The van der Waals surface area contributed by atoms with Crippen LogP contribution in [0.3, 0.4) is 0 Å². The summed E-state index contributed by atoms with van der Waals surface area (Å²) in [7, 11) is -4.07. The summed E-state index contributed by atoms with van der Waals surface area (Å²) in [6.45, 7) is 6.91. The van der Waals surface area contributed by atoms with Gasteiger partial charge in [0.2, 0.25) is 0 Å². The molecule has 9 heteroatoms. The fourth-order valence-electron chi connectivity index (χ4n) is 4.09. The van der Waals surface area contributed by atoms with Crippen LogP contribution in [0.25, 0.3) is 0 Å². The summed E-state index contributed by atoms with van der Waals surface area (Å²) in [4.78, 5) is 0. The highest BCUT2D eigenvalue weighted by atomic mass is 32.3. The molecule has 0 spiro atoms. The van der Waals surface area contributed by atoms with Gasteiger partial charge in [0.05, 0.1) is 50.8 Å². The largest absolute Gasteiger partial charge is 0.400 e. The van der Waals surface area contributed by atoms with Crippen LogP contribution in [0.5, 0.6) is 0 Å². The van der Waals surface area contributed by atoms with E-state index in [9.17, 15) is 8.42 Å². The molecule has 0 bridgehead atoms. The van der Waals surface area contributed by atoms with E-state index in [-0.39, 0.29) is 37.6 Å². The van der Waals surface area contributed by atoms with Crippen molar-refractivity contribution in [3.8, 4) is 0 Å². The number of ether oxygens (including phenoxy) is 4. The Kier molecular flexibility index (Phi) is 15.1. The predicted molar refractivity (Wildman–Crippen MR) is 127 cm³/mol. The minimum absolute atomic E-state index is 0.00563. The van der Waals surface area contributed by atoms with Crippen LogP contribution in [0.2, 0.25) is 0 Å². The molecule has 8 nitrogen and oxygen atoms in total. The standard InChI is InChI=1S/C24H46O8S/c1-3-5-7-9-15-27-17-21-11-13-23(31-21)19-29-33(25,26)30-20-24-14-12-22(32-24)18-28-16-10-8-6-4-2/h21-24H,3-20H2,1-2H3/t21-,22-,23+,24+/m1/s1. The van der Waals surface area contributed by atoms with E-state index < -0.39 is 10.4 Å². The Morgan fingerprint density at radius 2 is 1.00 bits per heavy atom. The van der Waals surface area contributed by atoms with Crippen molar-refractivity contribution < 1.29 is 35.7 Å². The van der Waals surface area contributed by atoms with Crippen molar-refractivity contribution in [2.45, 2.75) is 115 Å². The Morgan fingerprint density at radius 3 is 1.39 bits per heavy atom. The normalized spacial score (nSPS) is 25.8. The lowest BCUT2D eigenvalue weighted by atomic mass is 10.2. The van der Waals surface area contributed by atoms with Crippen molar-refractivity contribution in [2.24, 2.45) is 0 Å². The maximum absolute atomic E-state index is 12.1. The van der Waals surface area contributed by atoms with Gasteiger partial charge < -0.3 is 18.9 Å². The van der Waals surface area contributed by atoms with Crippen molar-refractivity contribution in [1.82, 2.24) is 0 Å². The first-order chi connectivity index (χ1) is 16.0. The second kappa shape index (κ2) is 17.2. The van der Waals surface area contributed by atoms with E-state index in [1.54, 1.807) is 0 Å². The van der Waals surface area contributed by atoms with Crippen LogP contribution < -0.4 is 0 Å². The van der Waals surface area contributed by atoms with Gasteiger partial charge in [0, 0.05) is 13.2 Å². The molecule has 196 valence electrons. The summed E-state index contributed by atoms with van der Waals surface area (Å²) < 4.78 is 57.3. The van der Waals surface area contributed by atoms with Gasteiger partial charge in [-0.3, -0.25) is 0 Å². The number of hydrogen-bond donors (Lipinski definition) is 0. The summed E-state index contributed by atoms with van der Waals surface area (Å²) >= 11 is 0. The van der Waals surface area contributed by atoms with Gasteiger partial charge in [-0.25, -0.2) is 8.37 Å². The van der Waals surface area contributed by atoms with E-state index in [1.165, 1.54) is 38.5 Å². The Labute approximate surface area is 201 Å². The number of rotatable bonds is 20. The van der Waals surface area contributed by atoms with E-state index in [0.29, 0.717) is 13.2 Å². The van der Waals surface area contributed by atoms with E-state index in [0.717, 1.165) is 51.7 Å². The highest BCUT2D eigenvalue weighted by molar-refractivity contribution is 7.81. The molecule has 0 radical (unpaired) electrons. The van der Waals surface area contributed by atoms with Gasteiger partial charge in [0.15, 0.2) is 0 Å². The average molecular weight is 495 g/mol. The van der Waals surface area contributed by atoms with Gasteiger partial charge in [-0.05, 0) is 38.5 Å². The van der Waals surface area contributed by atoms with Gasteiger partial charge in [-0.2, -0.15) is 8.42 Å². The third kappa shape index (κ3) is 13.4. The first-order valence-corrected chi connectivity index (χ1v) is 14.4.